The van der Waals surface area contributed by atoms with Gasteiger partial charge in [0.15, 0.2) is 0 Å². The molecule has 5 rings (SSSR count). The smallest absolute Gasteiger partial charge is 0.226 e. The van der Waals surface area contributed by atoms with Gasteiger partial charge in [0.05, 0.1) is 25.3 Å². The molecule has 0 radical (unpaired) electrons. The number of anilines is 1. The standard InChI is InChI=1S/C26H24N2O4/c1-16(29)28-12-11-17-7-3-4-8-18(17)22(28)15-26(30)27-21-14-24-20(13-25(21)31-2)19-9-5-6-10-23(19)32-24/h3-10,13-14,22H,11-12,15H2,1-2H3,(H,27,30). The summed E-state index contributed by atoms with van der Waals surface area (Å²) in [4.78, 5) is 27.1. The Hall–Kier alpha value is -3.80. The lowest BCUT2D eigenvalue weighted by Crippen LogP contribution is -2.40. The van der Waals surface area contributed by atoms with Gasteiger partial charge in [0, 0.05) is 30.3 Å². The molecule has 1 aliphatic heterocycles. The average Bonchev–Trinajstić information content (AvgIpc) is 3.15. The Labute approximate surface area is 185 Å². The molecular weight excluding hydrogens is 404 g/mol. The van der Waals surface area contributed by atoms with Crippen molar-refractivity contribution in [1.82, 2.24) is 4.90 Å². The van der Waals surface area contributed by atoms with Gasteiger partial charge in [0.25, 0.3) is 0 Å². The van der Waals surface area contributed by atoms with Gasteiger partial charge < -0.3 is 19.4 Å². The van der Waals surface area contributed by atoms with Crippen molar-refractivity contribution >= 4 is 39.4 Å². The van der Waals surface area contributed by atoms with Gasteiger partial charge >= 0.3 is 0 Å². The third-order valence-electron chi connectivity index (χ3n) is 6.17. The molecule has 32 heavy (non-hydrogen) atoms. The Balaban J connectivity index is 1.45. The molecule has 162 valence electrons. The number of rotatable bonds is 4. The molecule has 0 fully saturated rings. The van der Waals surface area contributed by atoms with E-state index in [1.807, 2.05) is 48.5 Å². The fourth-order valence-corrected chi connectivity index (χ4v) is 4.64. The molecule has 6 heteroatoms. The van der Waals surface area contributed by atoms with E-state index in [9.17, 15) is 9.59 Å². The van der Waals surface area contributed by atoms with Crippen LogP contribution in [0.3, 0.4) is 0 Å². The van der Waals surface area contributed by atoms with Crippen molar-refractivity contribution in [3.8, 4) is 5.75 Å². The molecule has 0 saturated carbocycles. The van der Waals surface area contributed by atoms with Crippen LogP contribution in [-0.4, -0.2) is 30.4 Å². The molecule has 2 amide bonds. The monoisotopic (exact) mass is 428 g/mol. The first-order chi connectivity index (χ1) is 15.5. The van der Waals surface area contributed by atoms with E-state index in [1.165, 1.54) is 5.56 Å². The Kier molecular flexibility index (Phi) is 5.05. The molecule has 0 spiro atoms. The van der Waals surface area contributed by atoms with Crippen LogP contribution in [0, 0.1) is 0 Å². The third kappa shape index (κ3) is 3.47. The van der Waals surface area contributed by atoms with Crippen molar-refractivity contribution in [2.24, 2.45) is 0 Å². The number of amides is 2. The Morgan fingerprint density at radius 1 is 1.06 bits per heavy atom. The minimum Gasteiger partial charge on any atom is -0.495 e. The Morgan fingerprint density at radius 3 is 2.66 bits per heavy atom. The number of methoxy groups -OCH3 is 1. The van der Waals surface area contributed by atoms with E-state index < -0.39 is 0 Å². The number of nitrogens with one attached hydrogen (secondary N) is 1. The molecule has 0 bridgehead atoms. The topological polar surface area (TPSA) is 71.8 Å². The molecular formula is C26H24N2O4. The predicted octanol–water partition coefficient (Wildman–Crippen LogP) is 5.07. The van der Waals surface area contributed by atoms with Crippen molar-refractivity contribution in [2.75, 3.05) is 19.0 Å². The second-order valence-corrected chi connectivity index (χ2v) is 8.08. The number of hydrogen-bond donors (Lipinski definition) is 1. The maximum absolute atomic E-state index is 13.1. The maximum atomic E-state index is 13.1. The van der Waals surface area contributed by atoms with E-state index >= 15 is 0 Å². The Morgan fingerprint density at radius 2 is 1.84 bits per heavy atom. The van der Waals surface area contributed by atoms with Crippen LogP contribution in [0.4, 0.5) is 5.69 Å². The van der Waals surface area contributed by atoms with Gasteiger partial charge in [-0.15, -0.1) is 0 Å². The van der Waals surface area contributed by atoms with Gasteiger partial charge in [-0.3, -0.25) is 9.59 Å². The van der Waals surface area contributed by atoms with Crippen LogP contribution >= 0.6 is 0 Å². The fraction of sp³-hybridized carbons (Fsp3) is 0.231. The van der Waals surface area contributed by atoms with Gasteiger partial charge in [-0.1, -0.05) is 42.5 Å². The molecule has 1 atom stereocenters. The molecule has 1 aromatic heterocycles. The van der Waals surface area contributed by atoms with Crippen LogP contribution < -0.4 is 10.1 Å². The van der Waals surface area contributed by atoms with Crippen molar-refractivity contribution in [3.63, 3.8) is 0 Å². The zero-order valence-electron chi connectivity index (χ0n) is 18.1. The first kappa shape index (κ1) is 20.1. The van der Waals surface area contributed by atoms with Crippen LogP contribution in [0.1, 0.15) is 30.5 Å². The third-order valence-corrected chi connectivity index (χ3v) is 6.17. The summed E-state index contributed by atoms with van der Waals surface area (Å²) in [6.45, 7) is 2.16. The zero-order valence-corrected chi connectivity index (χ0v) is 18.1. The minimum absolute atomic E-state index is 0.0291. The Bertz CT molecular complexity index is 1340. The summed E-state index contributed by atoms with van der Waals surface area (Å²) in [6.07, 6.45) is 0.961. The van der Waals surface area contributed by atoms with Crippen LogP contribution in [0.2, 0.25) is 0 Å². The highest BCUT2D eigenvalue weighted by Crippen LogP contribution is 2.37. The van der Waals surface area contributed by atoms with Crippen molar-refractivity contribution in [3.05, 3.63) is 71.8 Å². The number of hydrogen-bond acceptors (Lipinski definition) is 4. The second-order valence-electron chi connectivity index (χ2n) is 8.08. The number of carbonyl (C=O) groups is 2. The van der Waals surface area contributed by atoms with Gasteiger partial charge in [-0.05, 0) is 29.7 Å². The van der Waals surface area contributed by atoms with E-state index in [0.29, 0.717) is 23.6 Å². The highest BCUT2D eigenvalue weighted by molar-refractivity contribution is 6.07. The minimum atomic E-state index is -0.293. The number of benzene rings is 3. The van der Waals surface area contributed by atoms with Crippen molar-refractivity contribution in [1.29, 1.82) is 0 Å². The molecule has 1 unspecified atom stereocenters. The maximum Gasteiger partial charge on any atom is 0.226 e. The normalized spacial score (nSPS) is 15.6. The molecule has 1 aliphatic rings. The molecule has 1 N–H and O–H groups in total. The molecule has 0 aliphatic carbocycles. The van der Waals surface area contributed by atoms with Gasteiger partial charge in [-0.2, -0.15) is 0 Å². The summed E-state index contributed by atoms with van der Waals surface area (Å²) >= 11 is 0. The molecule has 4 aromatic rings. The fourth-order valence-electron chi connectivity index (χ4n) is 4.64. The number of nitrogens with zero attached hydrogens (tertiary/aromatic N) is 1. The van der Waals surface area contributed by atoms with E-state index in [1.54, 1.807) is 25.0 Å². The number of furan rings is 1. The van der Waals surface area contributed by atoms with Crippen molar-refractivity contribution < 1.29 is 18.7 Å². The summed E-state index contributed by atoms with van der Waals surface area (Å²) in [5.74, 6) is 0.343. The van der Waals surface area contributed by atoms with Gasteiger partial charge in [-0.25, -0.2) is 0 Å². The van der Waals surface area contributed by atoms with Crippen LogP contribution in [0.25, 0.3) is 21.9 Å². The number of ether oxygens (including phenoxy) is 1. The predicted molar refractivity (Wildman–Crippen MR) is 124 cm³/mol. The van der Waals surface area contributed by atoms with E-state index in [4.69, 9.17) is 9.15 Å². The van der Waals surface area contributed by atoms with E-state index in [-0.39, 0.29) is 24.3 Å². The summed E-state index contributed by atoms with van der Waals surface area (Å²) in [5, 5.41) is 4.90. The number of fused-ring (bicyclic) bond motifs is 4. The molecule has 2 heterocycles. The lowest BCUT2D eigenvalue weighted by molar-refractivity contribution is -0.132. The summed E-state index contributed by atoms with van der Waals surface area (Å²) in [5.41, 5.74) is 4.22. The highest BCUT2D eigenvalue weighted by Gasteiger charge is 2.30. The average molecular weight is 428 g/mol. The lowest BCUT2D eigenvalue weighted by atomic mass is 9.90. The lowest BCUT2D eigenvalue weighted by Gasteiger charge is -2.36. The van der Waals surface area contributed by atoms with Gasteiger partial charge in [0.1, 0.15) is 16.9 Å². The van der Waals surface area contributed by atoms with Crippen LogP contribution in [0.15, 0.2) is 65.1 Å². The second kappa shape index (κ2) is 8.04. The van der Waals surface area contributed by atoms with E-state index in [2.05, 4.69) is 11.4 Å². The number of para-hydroxylation sites is 1. The van der Waals surface area contributed by atoms with Crippen LogP contribution in [0.5, 0.6) is 5.75 Å². The summed E-state index contributed by atoms with van der Waals surface area (Å²) in [6, 6.07) is 19.2. The zero-order chi connectivity index (χ0) is 22.2. The molecule has 6 nitrogen and oxygen atoms in total. The molecule has 3 aromatic carbocycles. The number of carbonyl (C=O) groups excluding carboxylic acids is 2. The van der Waals surface area contributed by atoms with Crippen molar-refractivity contribution in [2.45, 2.75) is 25.8 Å². The van der Waals surface area contributed by atoms with Crippen LogP contribution in [-0.2, 0) is 16.0 Å². The highest BCUT2D eigenvalue weighted by atomic mass is 16.5. The van der Waals surface area contributed by atoms with E-state index in [0.717, 1.165) is 28.3 Å². The quantitative estimate of drug-likeness (QED) is 0.493. The SMILES string of the molecule is COc1cc2c(cc1NC(=O)CC1c3ccccc3CCN1C(C)=O)oc1ccccc12. The summed E-state index contributed by atoms with van der Waals surface area (Å²) < 4.78 is 11.5. The van der Waals surface area contributed by atoms with Gasteiger partial charge in [0.2, 0.25) is 11.8 Å². The first-order valence-corrected chi connectivity index (χ1v) is 10.7. The molecule has 0 saturated heterocycles. The first-order valence-electron chi connectivity index (χ1n) is 10.7. The largest absolute Gasteiger partial charge is 0.495 e. The summed E-state index contributed by atoms with van der Waals surface area (Å²) in [7, 11) is 1.58.